The predicted octanol–water partition coefficient (Wildman–Crippen LogP) is 7.37. The number of hydrogen-bond acceptors (Lipinski definition) is 2. The second kappa shape index (κ2) is 10.4. The van der Waals surface area contributed by atoms with E-state index in [1.165, 1.54) is 44.1 Å². The minimum Gasteiger partial charge on any atom is -0.392 e. The lowest BCUT2D eigenvalue weighted by Gasteiger charge is -2.44. The molecule has 0 amide bonds. The van der Waals surface area contributed by atoms with Crippen molar-refractivity contribution in [1.82, 2.24) is 0 Å². The summed E-state index contributed by atoms with van der Waals surface area (Å²) in [5, 5.41) is 20.6. The van der Waals surface area contributed by atoms with Crippen molar-refractivity contribution in [3.8, 4) is 0 Å². The third kappa shape index (κ3) is 6.14. The van der Waals surface area contributed by atoms with Gasteiger partial charge in [0.15, 0.2) is 0 Å². The number of rotatable bonds is 8. The highest BCUT2D eigenvalue weighted by Crippen LogP contribution is 2.60. The van der Waals surface area contributed by atoms with E-state index in [0.29, 0.717) is 11.3 Å². The van der Waals surface area contributed by atoms with Gasteiger partial charge in [0, 0.05) is 0 Å². The second-order valence-corrected chi connectivity index (χ2v) is 11.9. The summed E-state index contributed by atoms with van der Waals surface area (Å²) in [6.07, 6.45) is 20.5. The van der Waals surface area contributed by atoms with Crippen LogP contribution in [0.5, 0.6) is 0 Å². The zero-order chi connectivity index (χ0) is 22.6. The monoisotopic (exact) mass is 428 g/mol. The van der Waals surface area contributed by atoms with Crippen molar-refractivity contribution >= 4 is 0 Å². The summed E-state index contributed by atoms with van der Waals surface area (Å²) in [6.45, 7) is 12.7. The molecule has 6 atom stereocenters. The summed E-state index contributed by atoms with van der Waals surface area (Å²) in [4.78, 5) is 0. The summed E-state index contributed by atoms with van der Waals surface area (Å²) < 4.78 is 0. The molecule has 0 bridgehead atoms. The molecule has 2 nitrogen and oxygen atoms in total. The Kier molecular flexibility index (Phi) is 8.30. The Morgan fingerprint density at radius 3 is 2.65 bits per heavy atom. The summed E-state index contributed by atoms with van der Waals surface area (Å²) in [7, 11) is 0. The van der Waals surface area contributed by atoms with Crippen molar-refractivity contribution < 1.29 is 10.2 Å². The Morgan fingerprint density at radius 1 is 1.19 bits per heavy atom. The van der Waals surface area contributed by atoms with Gasteiger partial charge in [-0.05, 0) is 107 Å². The zero-order valence-corrected chi connectivity index (χ0v) is 20.7. The zero-order valence-electron chi connectivity index (χ0n) is 20.7. The maximum atomic E-state index is 10.5. The highest BCUT2D eigenvalue weighted by atomic mass is 16.3. The summed E-state index contributed by atoms with van der Waals surface area (Å²) >= 11 is 0. The molecule has 2 heteroatoms. The molecule has 0 radical (unpaired) electrons. The van der Waals surface area contributed by atoms with Crippen LogP contribution < -0.4 is 0 Å². The fourth-order valence-electron chi connectivity index (χ4n) is 7.24. The maximum Gasteiger partial charge on any atom is 0.0608 e. The molecule has 3 fully saturated rings. The van der Waals surface area contributed by atoms with Crippen molar-refractivity contribution in [2.24, 2.45) is 29.1 Å². The molecule has 0 aromatic heterocycles. The van der Waals surface area contributed by atoms with E-state index in [2.05, 4.69) is 32.6 Å². The van der Waals surface area contributed by atoms with Crippen molar-refractivity contribution in [2.45, 2.75) is 116 Å². The average Bonchev–Trinajstić information content (AvgIpc) is 3.05. The Balaban J connectivity index is 1.63. The summed E-state index contributed by atoms with van der Waals surface area (Å²) in [5.41, 5.74) is 3.02. The topological polar surface area (TPSA) is 40.5 Å². The van der Waals surface area contributed by atoms with Crippen molar-refractivity contribution in [3.63, 3.8) is 0 Å². The second-order valence-electron chi connectivity index (χ2n) is 11.9. The molecule has 0 aromatic carbocycles. The van der Waals surface area contributed by atoms with Gasteiger partial charge in [-0.15, -0.1) is 6.58 Å². The van der Waals surface area contributed by atoms with E-state index in [0.717, 1.165) is 56.3 Å². The molecule has 0 heterocycles. The first-order valence-corrected chi connectivity index (χ1v) is 13.0. The van der Waals surface area contributed by atoms with Gasteiger partial charge in [-0.3, -0.25) is 0 Å². The third-order valence-corrected chi connectivity index (χ3v) is 9.03. The molecule has 0 aromatic rings. The molecule has 3 saturated carbocycles. The Morgan fingerprint density at radius 2 is 1.97 bits per heavy atom. The van der Waals surface area contributed by atoms with E-state index in [1.807, 2.05) is 19.9 Å². The molecule has 176 valence electrons. The van der Waals surface area contributed by atoms with E-state index in [4.69, 9.17) is 0 Å². The molecule has 5 unspecified atom stereocenters. The molecule has 0 saturated heterocycles. The number of allylic oxidation sites excluding steroid dienone is 4. The number of hydrogen-bond donors (Lipinski definition) is 2. The van der Waals surface area contributed by atoms with Crippen LogP contribution in [0.15, 0.2) is 36.0 Å². The van der Waals surface area contributed by atoms with Crippen LogP contribution in [0.2, 0.25) is 0 Å². The predicted molar refractivity (Wildman–Crippen MR) is 132 cm³/mol. The van der Waals surface area contributed by atoms with E-state index < -0.39 is 5.60 Å². The fourth-order valence-corrected chi connectivity index (χ4v) is 7.24. The largest absolute Gasteiger partial charge is 0.392 e. The van der Waals surface area contributed by atoms with Crippen LogP contribution >= 0.6 is 0 Å². The quantitative estimate of drug-likeness (QED) is 0.396. The van der Waals surface area contributed by atoms with Gasteiger partial charge in [0.25, 0.3) is 0 Å². The van der Waals surface area contributed by atoms with Crippen LogP contribution in [0.4, 0.5) is 0 Å². The lowest BCUT2D eigenvalue weighted by molar-refractivity contribution is 0.0596. The van der Waals surface area contributed by atoms with Crippen LogP contribution in [0.3, 0.4) is 0 Å². The van der Waals surface area contributed by atoms with Crippen LogP contribution in [-0.4, -0.2) is 21.9 Å². The summed E-state index contributed by atoms with van der Waals surface area (Å²) in [6, 6.07) is 0. The first-order valence-electron chi connectivity index (χ1n) is 13.0. The molecule has 0 aliphatic heterocycles. The van der Waals surface area contributed by atoms with Crippen LogP contribution in [0, 0.1) is 29.1 Å². The molecule has 3 rings (SSSR count). The standard InChI is InChI=1S/C29H48O2/c1-6-9-24-15-13-22(20-27(24)30)12-14-23-11-8-19-29(5)25(16-17-26(23)29)21(2)10-7-18-28(3,4)31/h6,12,14,21,24-27,30-31H,1,7-11,13,15-20H2,2-5H3/b22-12-,23-14+/t21-,24?,25?,26?,27?,29?/m1/s1. The van der Waals surface area contributed by atoms with E-state index in [9.17, 15) is 10.2 Å². The highest BCUT2D eigenvalue weighted by Gasteiger charge is 2.50. The Bertz CT molecular complexity index is 667. The molecular weight excluding hydrogens is 380 g/mol. The van der Waals surface area contributed by atoms with Crippen LogP contribution in [0.1, 0.15) is 105 Å². The van der Waals surface area contributed by atoms with Gasteiger partial charge < -0.3 is 10.2 Å². The number of aliphatic hydroxyl groups excluding tert-OH is 1. The van der Waals surface area contributed by atoms with Crippen molar-refractivity contribution in [1.29, 1.82) is 0 Å². The van der Waals surface area contributed by atoms with Gasteiger partial charge >= 0.3 is 0 Å². The normalized spacial score (nSPS) is 37.7. The lowest BCUT2D eigenvalue weighted by atomic mass is 9.60. The molecular formula is C29H48O2. The molecule has 0 spiro atoms. The molecule has 31 heavy (non-hydrogen) atoms. The van der Waals surface area contributed by atoms with Crippen LogP contribution in [0.25, 0.3) is 0 Å². The SMILES string of the molecule is C=CCC1CC/C(=C/C=C2\CCCC3(C)C2CCC3[C@H](C)CCCC(C)(C)O)CC1O. The fraction of sp³-hybridized carbons (Fsp3) is 0.793. The minimum absolute atomic E-state index is 0.200. The smallest absolute Gasteiger partial charge is 0.0608 e. The molecule has 3 aliphatic rings. The average molecular weight is 429 g/mol. The van der Waals surface area contributed by atoms with E-state index in [1.54, 1.807) is 5.57 Å². The molecule has 2 N–H and O–H groups in total. The van der Waals surface area contributed by atoms with E-state index in [-0.39, 0.29) is 6.10 Å². The van der Waals surface area contributed by atoms with E-state index >= 15 is 0 Å². The van der Waals surface area contributed by atoms with Gasteiger partial charge in [0.2, 0.25) is 0 Å². The summed E-state index contributed by atoms with van der Waals surface area (Å²) in [5.74, 6) is 2.69. The van der Waals surface area contributed by atoms with Gasteiger partial charge in [-0.2, -0.15) is 0 Å². The van der Waals surface area contributed by atoms with Gasteiger partial charge in [0.1, 0.15) is 0 Å². The Hall–Kier alpha value is -0.860. The maximum absolute atomic E-state index is 10.5. The third-order valence-electron chi connectivity index (χ3n) is 9.03. The lowest BCUT2D eigenvalue weighted by Crippen LogP contribution is -2.36. The van der Waals surface area contributed by atoms with Gasteiger partial charge in [-0.1, -0.05) is 56.1 Å². The molecule has 3 aliphatic carbocycles. The van der Waals surface area contributed by atoms with Gasteiger partial charge in [0.05, 0.1) is 11.7 Å². The van der Waals surface area contributed by atoms with Crippen molar-refractivity contribution in [2.75, 3.05) is 0 Å². The number of fused-ring (bicyclic) bond motifs is 1. The van der Waals surface area contributed by atoms with Crippen LogP contribution in [-0.2, 0) is 0 Å². The highest BCUT2D eigenvalue weighted by molar-refractivity contribution is 5.26. The Labute approximate surface area is 191 Å². The van der Waals surface area contributed by atoms with Crippen molar-refractivity contribution in [3.05, 3.63) is 36.0 Å². The first kappa shape index (κ1) is 24.8. The first-order chi connectivity index (χ1) is 14.6. The number of aliphatic hydroxyl groups is 2. The van der Waals surface area contributed by atoms with Gasteiger partial charge in [-0.25, -0.2) is 0 Å². The minimum atomic E-state index is -0.533.